The van der Waals surface area contributed by atoms with Crippen LogP contribution in [0.5, 0.6) is 0 Å². The standard InChI is InChI=1S/C15H18FNO2/c1-11-2-7-15(19)17(9-8-11)10-14(18)12-3-5-13(16)6-4-12/h3-6,11H,2,7-10H2,1H3. The fourth-order valence-electron chi connectivity index (χ4n) is 2.24. The summed E-state index contributed by atoms with van der Waals surface area (Å²) in [7, 11) is 0. The van der Waals surface area contributed by atoms with Crippen LogP contribution in [0.4, 0.5) is 4.39 Å². The van der Waals surface area contributed by atoms with Crippen LogP contribution in [0.1, 0.15) is 36.5 Å². The number of rotatable bonds is 3. The molecule has 1 fully saturated rings. The molecule has 0 radical (unpaired) electrons. The molecule has 0 spiro atoms. The van der Waals surface area contributed by atoms with E-state index in [2.05, 4.69) is 6.92 Å². The summed E-state index contributed by atoms with van der Waals surface area (Å²) in [5, 5.41) is 0. The average Bonchev–Trinajstić information content (AvgIpc) is 2.55. The lowest BCUT2D eigenvalue weighted by Gasteiger charge is -2.19. The summed E-state index contributed by atoms with van der Waals surface area (Å²) in [5.74, 6) is 0.0637. The summed E-state index contributed by atoms with van der Waals surface area (Å²) in [6.45, 7) is 2.85. The second-order valence-corrected chi connectivity index (χ2v) is 5.18. The number of hydrogen-bond donors (Lipinski definition) is 0. The van der Waals surface area contributed by atoms with Crippen LogP contribution < -0.4 is 0 Å². The maximum Gasteiger partial charge on any atom is 0.222 e. The van der Waals surface area contributed by atoms with Crippen LogP contribution in [-0.2, 0) is 4.79 Å². The minimum Gasteiger partial charge on any atom is -0.335 e. The number of Topliss-reactive ketones (excluding diaryl/α,β-unsaturated/α-hetero) is 1. The van der Waals surface area contributed by atoms with Crippen LogP contribution >= 0.6 is 0 Å². The zero-order chi connectivity index (χ0) is 13.8. The van der Waals surface area contributed by atoms with E-state index >= 15 is 0 Å². The van der Waals surface area contributed by atoms with E-state index in [9.17, 15) is 14.0 Å². The molecule has 1 heterocycles. The lowest BCUT2D eigenvalue weighted by Crippen LogP contribution is -2.35. The molecule has 1 aromatic carbocycles. The summed E-state index contributed by atoms with van der Waals surface area (Å²) in [6.07, 6.45) is 2.33. The summed E-state index contributed by atoms with van der Waals surface area (Å²) in [5.41, 5.74) is 0.450. The Labute approximate surface area is 112 Å². The molecule has 4 heteroatoms. The number of nitrogens with zero attached hydrogens (tertiary/aromatic N) is 1. The molecule has 0 N–H and O–H groups in total. The van der Waals surface area contributed by atoms with Crippen LogP contribution in [0.2, 0.25) is 0 Å². The first-order chi connectivity index (χ1) is 9.06. The smallest absolute Gasteiger partial charge is 0.222 e. The van der Waals surface area contributed by atoms with Crippen LogP contribution in [0.25, 0.3) is 0 Å². The van der Waals surface area contributed by atoms with Gasteiger partial charge in [-0.1, -0.05) is 6.92 Å². The van der Waals surface area contributed by atoms with E-state index < -0.39 is 0 Å². The number of likely N-dealkylation sites (tertiary alicyclic amines) is 1. The average molecular weight is 263 g/mol. The molecular formula is C15H18FNO2. The van der Waals surface area contributed by atoms with Crippen molar-refractivity contribution in [2.75, 3.05) is 13.1 Å². The number of amides is 1. The van der Waals surface area contributed by atoms with Crippen LogP contribution in [-0.4, -0.2) is 29.7 Å². The van der Waals surface area contributed by atoms with Crippen LogP contribution in [0.15, 0.2) is 24.3 Å². The van der Waals surface area contributed by atoms with Gasteiger partial charge >= 0.3 is 0 Å². The summed E-state index contributed by atoms with van der Waals surface area (Å²) >= 11 is 0. The molecule has 0 aliphatic carbocycles. The fraction of sp³-hybridized carbons (Fsp3) is 0.467. The van der Waals surface area contributed by atoms with Gasteiger partial charge in [0.2, 0.25) is 5.91 Å². The third kappa shape index (κ3) is 3.63. The summed E-state index contributed by atoms with van der Waals surface area (Å²) < 4.78 is 12.8. The molecule has 19 heavy (non-hydrogen) atoms. The number of halogens is 1. The van der Waals surface area contributed by atoms with Gasteiger partial charge in [-0.05, 0) is 43.0 Å². The van der Waals surface area contributed by atoms with Crippen molar-refractivity contribution in [1.82, 2.24) is 4.90 Å². The van der Waals surface area contributed by atoms with Gasteiger partial charge in [-0.2, -0.15) is 0 Å². The SMILES string of the molecule is CC1CCC(=O)N(CC(=O)c2ccc(F)cc2)CC1. The molecule has 1 saturated heterocycles. The number of hydrogen-bond acceptors (Lipinski definition) is 2. The molecule has 1 aliphatic heterocycles. The zero-order valence-corrected chi connectivity index (χ0v) is 11.1. The van der Waals surface area contributed by atoms with Crippen LogP contribution in [0.3, 0.4) is 0 Å². The molecule has 1 aromatic rings. The van der Waals surface area contributed by atoms with Crippen LogP contribution in [0, 0.1) is 11.7 Å². The van der Waals surface area contributed by atoms with Gasteiger partial charge in [-0.25, -0.2) is 4.39 Å². The Bertz CT molecular complexity index is 470. The predicted molar refractivity (Wildman–Crippen MR) is 70.3 cm³/mol. The third-order valence-corrected chi connectivity index (χ3v) is 3.60. The zero-order valence-electron chi connectivity index (χ0n) is 11.1. The van der Waals surface area contributed by atoms with Gasteiger partial charge in [0, 0.05) is 18.5 Å². The topological polar surface area (TPSA) is 37.4 Å². The Morgan fingerprint density at radius 1 is 1.32 bits per heavy atom. The van der Waals surface area contributed by atoms with Crippen molar-refractivity contribution in [3.8, 4) is 0 Å². The molecule has 0 bridgehead atoms. The number of benzene rings is 1. The Morgan fingerprint density at radius 3 is 2.68 bits per heavy atom. The molecule has 2 rings (SSSR count). The molecule has 1 amide bonds. The molecular weight excluding hydrogens is 245 g/mol. The van der Waals surface area contributed by atoms with Crippen molar-refractivity contribution in [3.05, 3.63) is 35.6 Å². The summed E-state index contributed by atoms with van der Waals surface area (Å²) in [6, 6.07) is 5.45. The Morgan fingerprint density at radius 2 is 2.00 bits per heavy atom. The number of carbonyl (C=O) groups is 2. The van der Waals surface area contributed by atoms with Crippen molar-refractivity contribution in [2.45, 2.75) is 26.2 Å². The molecule has 1 atom stereocenters. The van der Waals surface area contributed by atoms with Crippen molar-refractivity contribution in [3.63, 3.8) is 0 Å². The maximum absolute atomic E-state index is 12.8. The van der Waals surface area contributed by atoms with Crippen molar-refractivity contribution in [1.29, 1.82) is 0 Å². The van der Waals surface area contributed by atoms with E-state index in [4.69, 9.17) is 0 Å². The molecule has 0 saturated carbocycles. The first kappa shape index (κ1) is 13.7. The molecule has 0 aromatic heterocycles. The van der Waals surface area contributed by atoms with Gasteiger partial charge in [0.15, 0.2) is 5.78 Å². The van der Waals surface area contributed by atoms with E-state index in [-0.39, 0.29) is 24.1 Å². The summed E-state index contributed by atoms with van der Waals surface area (Å²) in [4.78, 5) is 25.6. The second kappa shape index (κ2) is 5.95. The number of ketones is 1. The van der Waals surface area contributed by atoms with E-state index in [0.29, 0.717) is 24.4 Å². The lowest BCUT2D eigenvalue weighted by atomic mass is 10.0. The fourth-order valence-corrected chi connectivity index (χ4v) is 2.24. The van der Waals surface area contributed by atoms with Gasteiger partial charge in [-0.15, -0.1) is 0 Å². The second-order valence-electron chi connectivity index (χ2n) is 5.18. The highest BCUT2D eigenvalue weighted by Gasteiger charge is 2.22. The highest BCUT2D eigenvalue weighted by atomic mass is 19.1. The van der Waals surface area contributed by atoms with Crippen molar-refractivity contribution < 1.29 is 14.0 Å². The first-order valence-electron chi connectivity index (χ1n) is 6.63. The van der Waals surface area contributed by atoms with Crippen molar-refractivity contribution in [2.24, 2.45) is 5.92 Å². The van der Waals surface area contributed by atoms with Gasteiger partial charge < -0.3 is 4.90 Å². The Hall–Kier alpha value is -1.71. The monoisotopic (exact) mass is 263 g/mol. The highest BCUT2D eigenvalue weighted by molar-refractivity contribution is 5.99. The normalized spacial score (nSPS) is 20.2. The van der Waals surface area contributed by atoms with Gasteiger partial charge in [-0.3, -0.25) is 9.59 Å². The van der Waals surface area contributed by atoms with Crippen molar-refractivity contribution >= 4 is 11.7 Å². The first-order valence-corrected chi connectivity index (χ1v) is 6.63. The minimum absolute atomic E-state index is 0.0415. The Balaban J connectivity index is 2.01. The molecule has 3 nitrogen and oxygen atoms in total. The Kier molecular flexibility index (Phi) is 4.30. The van der Waals surface area contributed by atoms with E-state index in [1.165, 1.54) is 24.3 Å². The highest BCUT2D eigenvalue weighted by Crippen LogP contribution is 2.17. The largest absolute Gasteiger partial charge is 0.335 e. The maximum atomic E-state index is 12.8. The van der Waals surface area contributed by atoms with Gasteiger partial charge in [0.1, 0.15) is 5.82 Å². The molecule has 1 unspecified atom stereocenters. The van der Waals surface area contributed by atoms with Gasteiger partial charge in [0.05, 0.1) is 6.54 Å². The third-order valence-electron chi connectivity index (χ3n) is 3.60. The van der Waals surface area contributed by atoms with E-state index in [1.54, 1.807) is 4.90 Å². The van der Waals surface area contributed by atoms with E-state index in [0.717, 1.165) is 12.8 Å². The van der Waals surface area contributed by atoms with Gasteiger partial charge in [0.25, 0.3) is 0 Å². The predicted octanol–water partition coefficient (Wildman–Crippen LogP) is 2.66. The molecule has 102 valence electrons. The van der Waals surface area contributed by atoms with E-state index in [1.807, 2.05) is 0 Å². The minimum atomic E-state index is -0.365. The quantitative estimate of drug-likeness (QED) is 0.786. The number of carbonyl (C=O) groups excluding carboxylic acids is 2. The lowest BCUT2D eigenvalue weighted by molar-refractivity contribution is -0.130. The molecule has 1 aliphatic rings.